The molecule has 2 rings (SSSR count). The zero-order chi connectivity index (χ0) is 7.68. The van der Waals surface area contributed by atoms with Gasteiger partial charge in [0, 0.05) is 36.1 Å². The average molecular weight is 171 g/mol. The molecule has 1 aromatic carbocycles. The number of hydrogen-bond donors (Lipinski definition) is 2. The molecule has 0 bridgehead atoms. The first kappa shape index (κ1) is 9.90. The van der Waals surface area contributed by atoms with Crippen molar-refractivity contribution < 1.29 is 0 Å². The molecule has 0 aliphatic carbocycles. The summed E-state index contributed by atoms with van der Waals surface area (Å²) in [5.41, 5.74) is 9.17. The summed E-state index contributed by atoms with van der Waals surface area (Å²) in [5, 5.41) is 3.31. The molecule has 12 heavy (non-hydrogen) atoms. The van der Waals surface area contributed by atoms with Crippen LogP contribution in [-0.2, 0) is 6.42 Å². The van der Waals surface area contributed by atoms with Crippen LogP contribution in [0.25, 0.3) is 0 Å². The van der Waals surface area contributed by atoms with Gasteiger partial charge in [0.15, 0.2) is 0 Å². The van der Waals surface area contributed by atoms with Crippen LogP contribution in [0.1, 0.15) is 12.0 Å². The molecule has 59 valence electrons. The van der Waals surface area contributed by atoms with Crippen LogP contribution in [0.3, 0.4) is 0 Å². The molecule has 0 saturated heterocycles. The van der Waals surface area contributed by atoms with E-state index in [0.717, 1.165) is 24.3 Å². The van der Waals surface area contributed by atoms with Crippen molar-refractivity contribution in [3.05, 3.63) is 23.8 Å². The number of nitrogens with one attached hydrogen (secondary N) is 1. The van der Waals surface area contributed by atoms with Gasteiger partial charge in [-0.3, -0.25) is 0 Å². The first-order valence-corrected chi connectivity index (χ1v) is 3.99. The minimum absolute atomic E-state index is 0. The number of anilines is 2. The number of hydrogen-bond acceptors (Lipinski definition) is 2. The fourth-order valence-electron chi connectivity index (χ4n) is 1.54. The van der Waals surface area contributed by atoms with Gasteiger partial charge in [0.25, 0.3) is 0 Å². The van der Waals surface area contributed by atoms with E-state index >= 15 is 0 Å². The van der Waals surface area contributed by atoms with Crippen LogP contribution in [0, 0.1) is 0 Å². The summed E-state index contributed by atoms with van der Waals surface area (Å²) in [6, 6.07) is 6.09. The van der Waals surface area contributed by atoms with Crippen molar-refractivity contribution in [3.63, 3.8) is 0 Å². The number of para-hydroxylation sites is 1. The molecule has 0 atom stereocenters. The van der Waals surface area contributed by atoms with Gasteiger partial charge in [-0.05, 0) is 24.5 Å². The third-order valence-corrected chi connectivity index (χ3v) is 2.11. The Bertz CT molecular complexity index is 273. The first-order valence-electron chi connectivity index (χ1n) is 3.99. The van der Waals surface area contributed by atoms with Crippen LogP contribution in [-0.4, -0.2) is 36.1 Å². The van der Waals surface area contributed by atoms with Gasteiger partial charge >= 0.3 is 0 Å². The average Bonchev–Trinajstić information content (AvgIpc) is 2.06. The number of rotatable bonds is 0. The van der Waals surface area contributed by atoms with Crippen molar-refractivity contribution in [1.29, 1.82) is 0 Å². The van der Waals surface area contributed by atoms with Crippen LogP contribution in [0.2, 0.25) is 0 Å². The van der Waals surface area contributed by atoms with Gasteiger partial charge in [0.1, 0.15) is 0 Å². The van der Waals surface area contributed by atoms with Gasteiger partial charge in [-0.25, -0.2) is 0 Å². The summed E-state index contributed by atoms with van der Waals surface area (Å²) in [4.78, 5) is 0. The van der Waals surface area contributed by atoms with E-state index in [4.69, 9.17) is 5.73 Å². The molecule has 0 saturated carbocycles. The van der Waals surface area contributed by atoms with Crippen molar-refractivity contribution in [1.82, 2.24) is 0 Å². The predicted octanol–water partition coefficient (Wildman–Crippen LogP) is 1.25. The Hall–Kier alpha value is -0.180. The van der Waals surface area contributed by atoms with E-state index in [0.29, 0.717) is 0 Å². The zero-order valence-electron chi connectivity index (χ0n) is 7.43. The molecule has 0 spiro atoms. The number of nitrogen functional groups attached to an aromatic ring is 1. The molecule has 3 heteroatoms. The molecule has 1 aliphatic heterocycles. The molecule has 3 N–H and O–H groups in total. The monoisotopic (exact) mass is 171 g/mol. The summed E-state index contributed by atoms with van der Waals surface area (Å²) in [7, 11) is 0. The van der Waals surface area contributed by atoms with Crippen molar-refractivity contribution in [2.24, 2.45) is 0 Å². The fourth-order valence-corrected chi connectivity index (χ4v) is 1.54. The minimum Gasteiger partial charge on any atom is -0.397 e. The van der Waals surface area contributed by atoms with Gasteiger partial charge in [0.05, 0.1) is 11.4 Å². The van der Waals surface area contributed by atoms with Crippen molar-refractivity contribution >= 4 is 40.9 Å². The molecule has 0 unspecified atom stereocenters. The second kappa shape index (κ2) is 4.17. The summed E-state index contributed by atoms with van der Waals surface area (Å²) >= 11 is 0. The third-order valence-electron chi connectivity index (χ3n) is 2.11. The van der Waals surface area contributed by atoms with E-state index in [1.165, 1.54) is 12.0 Å². The standard InChI is InChI=1S/C9H12N2.Na/c10-8-5-1-3-7-4-2-6-11-9(7)8;/h1,3,5,11H,2,4,6,10H2;. The number of benzene rings is 1. The Labute approximate surface area is 94.8 Å². The van der Waals surface area contributed by atoms with Crippen molar-refractivity contribution in [2.45, 2.75) is 12.8 Å². The van der Waals surface area contributed by atoms with Crippen LogP contribution in [0.5, 0.6) is 0 Å². The molecule has 2 nitrogen and oxygen atoms in total. The van der Waals surface area contributed by atoms with Crippen LogP contribution < -0.4 is 11.1 Å². The van der Waals surface area contributed by atoms with Crippen molar-refractivity contribution in [2.75, 3.05) is 17.6 Å². The Morgan fingerprint density at radius 2 is 2.17 bits per heavy atom. The van der Waals surface area contributed by atoms with E-state index in [1.54, 1.807) is 0 Å². The van der Waals surface area contributed by atoms with Crippen LogP contribution in [0.4, 0.5) is 11.4 Å². The molecule has 1 radical (unpaired) electrons. The van der Waals surface area contributed by atoms with E-state index in [2.05, 4.69) is 11.4 Å². The predicted molar refractivity (Wildman–Crippen MR) is 53.4 cm³/mol. The molecule has 0 aromatic heterocycles. The molecule has 1 aliphatic rings. The maximum absolute atomic E-state index is 5.78. The summed E-state index contributed by atoms with van der Waals surface area (Å²) < 4.78 is 0. The summed E-state index contributed by atoms with van der Waals surface area (Å²) in [5.74, 6) is 0. The molecule has 1 aromatic rings. The van der Waals surface area contributed by atoms with E-state index in [9.17, 15) is 0 Å². The first-order chi connectivity index (χ1) is 5.38. The Kier molecular flexibility index (Phi) is 3.44. The second-order valence-corrected chi connectivity index (χ2v) is 2.91. The van der Waals surface area contributed by atoms with Gasteiger partial charge in [-0.1, -0.05) is 12.1 Å². The molecular weight excluding hydrogens is 159 g/mol. The number of nitrogens with two attached hydrogens (primary N) is 1. The quantitative estimate of drug-likeness (QED) is 0.455. The van der Waals surface area contributed by atoms with Crippen LogP contribution >= 0.6 is 0 Å². The SMILES string of the molecule is Nc1cccc2c1NCCC2.[Na]. The molecule has 1 heterocycles. The summed E-state index contributed by atoms with van der Waals surface area (Å²) in [6.45, 7) is 1.06. The fraction of sp³-hybridized carbons (Fsp3) is 0.333. The minimum atomic E-state index is 0. The van der Waals surface area contributed by atoms with E-state index in [1.807, 2.05) is 12.1 Å². The maximum atomic E-state index is 5.78. The van der Waals surface area contributed by atoms with Gasteiger partial charge in [0.2, 0.25) is 0 Å². The van der Waals surface area contributed by atoms with E-state index in [-0.39, 0.29) is 29.6 Å². The maximum Gasteiger partial charge on any atom is 0.0606 e. The smallest absolute Gasteiger partial charge is 0.0606 e. The Balaban J connectivity index is 0.000000720. The number of fused-ring (bicyclic) bond motifs is 1. The second-order valence-electron chi connectivity index (χ2n) is 2.91. The Morgan fingerprint density at radius 1 is 1.33 bits per heavy atom. The zero-order valence-corrected chi connectivity index (χ0v) is 9.43. The van der Waals surface area contributed by atoms with Crippen molar-refractivity contribution in [3.8, 4) is 0 Å². The third kappa shape index (κ3) is 1.76. The van der Waals surface area contributed by atoms with E-state index < -0.39 is 0 Å². The topological polar surface area (TPSA) is 38.0 Å². The van der Waals surface area contributed by atoms with Gasteiger partial charge in [-0.15, -0.1) is 0 Å². The molecular formula is C9H12N2Na. The normalized spacial score (nSPS) is 14.0. The molecule has 0 fully saturated rings. The summed E-state index contributed by atoms with van der Waals surface area (Å²) in [6.07, 6.45) is 2.38. The van der Waals surface area contributed by atoms with Gasteiger partial charge < -0.3 is 11.1 Å². The largest absolute Gasteiger partial charge is 0.397 e. The molecule has 0 amide bonds. The Morgan fingerprint density at radius 3 is 2.92 bits per heavy atom. The van der Waals surface area contributed by atoms with Gasteiger partial charge in [-0.2, -0.15) is 0 Å². The van der Waals surface area contributed by atoms with Crippen LogP contribution in [0.15, 0.2) is 18.2 Å². The number of aryl methyl sites for hydroxylation is 1.